The standard InChI is InChI=1S/C18H25FN2O4/c1-11-8-14(19)13(9-15(11)22)16(23)21-7-6-20(10-12(21)2)17(24)25-18(3,4)5/h8-9,12,22H,6-7,10H2,1-5H3. The molecule has 1 heterocycles. The predicted octanol–water partition coefficient (Wildman–Crippen LogP) is 2.92. The molecule has 1 saturated heterocycles. The highest BCUT2D eigenvalue weighted by Gasteiger charge is 2.33. The molecule has 1 aliphatic heterocycles. The summed E-state index contributed by atoms with van der Waals surface area (Å²) in [5.41, 5.74) is -0.381. The molecule has 2 amide bonds. The van der Waals surface area contributed by atoms with Crippen molar-refractivity contribution in [2.75, 3.05) is 19.6 Å². The van der Waals surface area contributed by atoms with Crippen LogP contribution in [0.25, 0.3) is 0 Å². The van der Waals surface area contributed by atoms with Crippen molar-refractivity contribution in [3.63, 3.8) is 0 Å². The molecule has 1 aliphatic rings. The molecule has 25 heavy (non-hydrogen) atoms. The molecule has 1 fully saturated rings. The molecular formula is C18H25FN2O4. The van der Waals surface area contributed by atoms with Crippen LogP contribution >= 0.6 is 0 Å². The van der Waals surface area contributed by atoms with E-state index >= 15 is 0 Å². The molecule has 1 N–H and O–H groups in total. The van der Waals surface area contributed by atoms with Crippen molar-refractivity contribution in [3.05, 3.63) is 29.1 Å². The Morgan fingerprint density at radius 3 is 2.48 bits per heavy atom. The number of hydrogen-bond donors (Lipinski definition) is 1. The summed E-state index contributed by atoms with van der Waals surface area (Å²) in [5.74, 6) is -1.28. The van der Waals surface area contributed by atoms with Crippen LogP contribution in [-0.4, -0.2) is 58.2 Å². The van der Waals surface area contributed by atoms with Crippen molar-refractivity contribution in [2.45, 2.75) is 46.3 Å². The number of piperazine rings is 1. The number of phenolic OH excluding ortho intramolecular Hbond substituents is 1. The maximum atomic E-state index is 14.1. The second-order valence-electron chi connectivity index (χ2n) is 7.39. The Labute approximate surface area is 147 Å². The summed E-state index contributed by atoms with van der Waals surface area (Å²) in [6.45, 7) is 9.62. The molecule has 1 aromatic carbocycles. The summed E-state index contributed by atoms with van der Waals surface area (Å²) in [4.78, 5) is 27.8. The summed E-state index contributed by atoms with van der Waals surface area (Å²) in [6, 6.07) is 2.00. The molecule has 0 aromatic heterocycles. The van der Waals surface area contributed by atoms with Gasteiger partial charge in [0.15, 0.2) is 0 Å². The third-order valence-electron chi connectivity index (χ3n) is 4.06. The highest BCUT2D eigenvalue weighted by Crippen LogP contribution is 2.24. The van der Waals surface area contributed by atoms with Gasteiger partial charge >= 0.3 is 6.09 Å². The van der Waals surface area contributed by atoms with E-state index in [9.17, 15) is 19.1 Å². The van der Waals surface area contributed by atoms with E-state index in [0.29, 0.717) is 18.7 Å². The molecule has 1 unspecified atom stereocenters. The minimum Gasteiger partial charge on any atom is -0.508 e. The average molecular weight is 352 g/mol. The summed E-state index contributed by atoms with van der Waals surface area (Å²) in [5, 5.41) is 9.75. The number of halogens is 1. The second kappa shape index (κ2) is 6.90. The Kier molecular flexibility index (Phi) is 5.25. The third kappa shape index (κ3) is 4.41. The molecule has 7 heteroatoms. The van der Waals surface area contributed by atoms with Crippen LogP contribution in [0, 0.1) is 12.7 Å². The van der Waals surface area contributed by atoms with Gasteiger partial charge in [0.25, 0.3) is 5.91 Å². The lowest BCUT2D eigenvalue weighted by molar-refractivity contribution is 0.00607. The van der Waals surface area contributed by atoms with Gasteiger partial charge in [0.1, 0.15) is 17.2 Å². The fourth-order valence-corrected chi connectivity index (χ4v) is 2.73. The number of phenols is 1. The zero-order valence-corrected chi connectivity index (χ0v) is 15.3. The van der Waals surface area contributed by atoms with E-state index in [1.54, 1.807) is 39.5 Å². The van der Waals surface area contributed by atoms with Crippen LogP contribution in [0.2, 0.25) is 0 Å². The van der Waals surface area contributed by atoms with E-state index in [-0.39, 0.29) is 23.9 Å². The van der Waals surface area contributed by atoms with Crippen molar-refractivity contribution in [3.8, 4) is 5.75 Å². The molecule has 1 aromatic rings. The van der Waals surface area contributed by atoms with Crippen LogP contribution in [-0.2, 0) is 4.74 Å². The molecule has 0 spiro atoms. The van der Waals surface area contributed by atoms with Gasteiger partial charge in [-0.25, -0.2) is 9.18 Å². The number of ether oxygens (including phenoxy) is 1. The van der Waals surface area contributed by atoms with Gasteiger partial charge in [0, 0.05) is 25.7 Å². The molecular weight excluding hydrogens is 327 g/mol. The number of rotatable bonds is 1. The summed E-state index contributed by atoms with van der Waals surface area (Å²) < 4.78 is 19.5. The van der Waals surface area contributed by atoms with Crippen LogP contribution in [0.1, 0.15) is 43.6 Å². The van der Waals surface area contributed by atoms with Crippen LogP contribution in [0.4, 0.5) is 9.18 Å². The highest BCUT2D eigenvalue weighted by atomic mass is 19.1. The smallest absolute Gasteiger partial charge is 0.410 e. The second-order valence-corrected chi connectivity index (χ2v) is 7.39. The summed E-state index contributed by atoms with van der Waals surface area (Å²) in [6.07, 6.45) is -0.425. The number of carbonyl (C=O) groups excluding carboxylic acids is 2. The molecule has 138 valence electrons. The van der Waals surface area contributed by atoms with E-state index < -0.39 is 23.4 Å². The SMILES string of the molecule is Cc1cc(F)c(C(=O)N2CCN(C(=O)OC(C)(C)C)CC2C)cc1O. The number of hydrogen-bond acceptors (Lipinski definition) is 4. The van der Waals surface area contributed by atoms with Crippen molar-refractivity contribution < 1.29 is 23.8 Å². The summed E-state index contributed by atoms with van der Waals surface area (Å²) in [7, 11) is 0. The lowest BCUT2D eigenvalue weighted by Gasteiger charge is -2.40. The first kappa shape index (κ1) is 19.0. The van der Waals surface area contributed by atoms with Crippen LogP contribution < -0.4 is 0 Å². The molecule has 0 bridgehead atoms. The van der Waals surface area contributed by atoms with Crippen LogP contribution in [0.5, 0.6) is 5.75 Å². The van der Waals surface area contributed by atoms with E-state index in [4.69, 9.17) is 4.74 Å². The number of benzene rings is 1. The molecule has 0 aliphatic carbocycles. The van der Waals surface area contributed by atoms with Crippen molar-refractivity contribution in [2.24, 2.45) is 0 Å². The summed E-state index contributed by atoms with van der Waals surface area (Å²) >= 11 is 0. The normalized spacial score (nSPS) is 18.2. The zero-order chi connectivity index (χ0) is 18.9. The first-order chi connectivity index (χ1) is 11.5. The minimum absolute atomic E-state index is 0.121. The Morgan fingerprint density at radius 2 is 1.92 bits per heavy atom. The van der Waals surface area contributed by atoms with Gasteiger partial charge in [-0.2, -0.15) is 0 Å². The van der Waals surface area contributed by atoms with Gasteiger partial charge in [0.05, 0.1) is 5.56 Å². The quantitative estimate of drug-likeness (QED) is 0.844. The lowest BCUT2D eigenvalue weighted by Crippen LogP contribution is -2.56. The molecule has 6 nitrogen and oxygen atoms in total. The van der Waals surface area contributed by atoms with E-state index in [1.807, 2.05) is 0 Å². The Bertz CT molecular complexity index is 684. The van der Waals surface area contributed by atoms with Crippen LogP contribution in [0.3, 0.4) is 0 Å². The topological polar surface area (TPSA) is 70.1 Å². The largest absolute Gasteiger partial charge is 0.508 e. The maximum absolute atomic E-state index is 14.1. The first-order valence-corrected chi connectivity index (χ1v) is 8.27. The Balaban J connectivity index is 2.10. The molecule has 2 rings (SSSR count). The van der Waals surface area contributed by atoms with Crippen molar-refractivity contribution in [1.82, 2.24) is 9.80 Å². The predicted molar refractivity (Wildman–Crippen MR) is 91.1 cm³/mol. The van der Waals surface area contributed by atoms with Gasteiger partial charge in [-0.05, 0) is 52.3 Å². The fourth-order valence-electron chi connectivity index (χ4n) is 2.73. The van der Waals surface area contributed by atoms with Gasteiger partial charge < -0.3 is 19.6 Å². The van der Waals surface area contributed by atoms with E-state index in [1.165, 1.54) is 4.90 Å². The monoisotopic (exact) mass is 352 g/mol. The van der Waals surface area contributed by atoms with Gasteiger partial charge in [0.2, 0.25) is 0 Å². The van der Waals surface area contributed by atoms with Crippen LogP contribution in [0.15, 0.2) is 12.1 Å². The molecule has 1 atom stereocenters. The van der Waals surface area contributed by atoms with Crippen molar-refractivity contribution in [1.29, 1.82) is 0 Å². The zero-order valence-electron chi connectivity index (χ0n) is 15.3. The number of carbonyl (C=O) groups is 2. The first-order valence-electron chi connectivity index (χ1n) is 8.27. The number of nitrogens with zero attached hydrogens (tertiary/aromatic N) is 2. The van der Waals surface area contributed by atoms with Gasteiger partial charge in [-0.3, -0.25) is 4.79 Å². The fraction of sp³-hybridized carbons (Fsp3) is 0.556. The minimum atomic E-state index is -0.665. The number of amides is 2. The Hall–Kier alpha value is -2.31. The molecule has 0 radical (unpaired) electrons. The molecule has 0 saturated carbocycles. The van der Waals surface area contributed by atoms with Gasteiger partial charge in [-0.1, -0.05) is 0 Å². The maximum Gasteiger partial charge on any atom is 0.410 e. The van der Waals surface area contributed by atoms with Crippen molar-refractivity contribution >= 4 is 12.0 Å². The highest BCUT2D eigenvalue weighted by molar-refractivity contribution is 5.95. The average Bonchev–Trinajstić information content (AvgIpc) is 2.48. The Morgan fingerprint density at radius 1 is 1.28 bits per heavy atom. The third-order valence-corrected chi connectivity index (χ3v) is 4.06. The number of aromatic hydroxyl groups is 1. The van der Waals surface area contributed by atoms with Gasteiger partial charge in [-0.15, -0.1) is 0 Å². The number of aryl methyl sites for hydroxylation is 1. The van der Waals surface area contributed by atoms with E-state index in [2.05, 4.69) is 0 Å². The lowest BCUT2D eigenvalue weighted by atomic mass is 10.1. The van der Waals surface area contributed by atoms with E-state index in [0.717, 1.165) is 12.1 Å².